The van der Waals surface area contributed by atoms with Gasteiger partial charge in [-0.2, -0.15) is 0 Å². The van der Waals surface area contributed by atoms with Crippen molar-refractivity contribution in [2.75, 3.05) is 12.4 Å². The van der Waals surface area contributed by atoms with Crippen LogP contribution in [0.1, 0.15) is 37.3 Å². The monoisotopic (exact) mass is 243 g/mol. The maximum absolute atomic E-state index is 4.66. The molecule has 5 heteroatoms. The highest BCUT2D eigenvalue weighted by molar-refractivity contribution is 5.49. The lowest BCUT2D eigenvalue weighted by molar-refractivity contribution is 0.695. The molecule has 0 amide bonds. The van der Waals surface area contributed by atoms with Gasteiger partial charge in [0, 0.05) is 37.1 Å². The number of hydrogen-bond acceptors (Lipinski definition) is 4. The average Bonchev–Trinajstić information content (AvgIpc) is 3.10. The minimum absolute atomic E-state index is 0.578. The summed E-state index contributed by atoms with van der Waals surface area (Å²) in [6.07, 6.45) is 8.59. The molecular formula is C13H17N5. The molecule has 0 atom stereocenters. The Kier molecular flexibility index (Phi) is 2.96. The minimum atomic E-state index is 0.578. The Hall–Kier alpha value is -1.91. The van der Waals surface area contributed by atoms with Gasteiger partial charge in [0.2, 0.25) is 0 Å². The van der Waals surface area contributed by atoms with E-state index in [0.717, 1.165) is 17.3 Å². The highest BCUT2D eigenvalue weighted by Gasteiger charge is 2.20. The Morgan fingerprint density at radius 3 is 2.78 bits per heavy atom. The standard InChI is InChI=1S/C13H17N5/c1-14-11-8-10(9-4-2-3-5-9)17-13(18-11)12-15-6-7-16-12/h6-9H,2-5H2,1H3,(H,15,16)(H,14,17,18). The van der Waals surface area contributed by atoms with Crippen LogP contribution in [0, 0.1) is 0 Å². The molecule has 0 bridgehead atoms. The van der Waals surface area contributed by atoms with Crippen LogP contribution in [0.4, 0.5) is 5.82 Å². The number of nitrogens with one attached hydrogen (secondary N) is 2. The van der Waals surface area contributed by atoms with Crippen LogP contribution in [0.3, 0.4) is 0 Å². The van der Waals surface area contributed by atoms with E-state index in [1.807, 2.05) is 7.05 Å². The first-order chi connectivity index (χ1) is 8.86. The molecule has 1 fully saturated rings. The average molecular weight is 243 g/mol. The van der Waals surface area contributed by atoms with Gasteiger partial charge in [0.05, 0.1) is 0 Å². The molecule has 0 aliphatic heterocycles. The fraction of sp³-hybridized carbons (Fsp3) is 0.462. The van der Waals surface area contributed by atoms with Crippen LogP contribution in [0.2, 0.25) is 0 Å². The topological polar surface area (TPSA) is 66.5 Å². The van der Waals surface area contributed by atoms with Crippen LogP contribution in [0.15, 0.2) is 18.5 Å². The fourth-order valence-corrected chi connectivity index (χ4v) is 2.52. The van der Waals surface area contributed by atoms with Gasteiger partial charge in [0.15, 0.2) is 11.6 Å². The van der Waals surface area contributed by atoms with Gasteiger partial charge in [-0.05, 0) is 12.8 Å². The second kappa shape index (κ2) is 4.76. The first-order valence-corrected chi connectivity index (χ1v) is 6.43. The summed E-state index contributed by atoms with van der Waals surface area (Å²) in [5, 5.41) is 3.10. The fourth-order valence-electron chi connectivity index (χ4n) is 2.52. The predicted octanol–water partition coefficient (Wildman–Crippen LogP) is 2.57. The molecule has 2 heterocycles. The van der Waals surface area contributed by atoms with E-state index in [0.29, 0.717) is 11.7 Å². The molecule has 1 saturated carbocycles. The zero-order valence-electron chi connectivity index (χ0n) is 10.5. The number of rotatable bonds is 3. The molecule has 3 rings (SSSR count). The van der Waals surface area contributed by atoms with E-state index in [1.54, 1.807) is 12.4 Å². The number of anilines is 1. The van der Waals surface area contributed by atoms with E-state index in [4.69, 9.17) is 0 Å². The number of aromatic amines is 1. The lowest BCUT2D eigenvalue weighted by Gasteiger charge is -2.11. The Bertz CT molecular complexity index is 514. The molecule has 1 aliphatic rings. The Morgan fingerprint density at radius 2 is 2.11 bits per heavy atom. The summed E-state index contributed by atoms with van der Waals surface area (Å²) in [6.45, 7) is 0. The number of hydrogen-bond donors (Lipinski definition) is 2. The van der Waals surface area contributed by atoms with Crippen molar-refractivity contribution in [3.8, 4) is 11.6 Å². The van der Waals surface area contributed by atoms with Crippen LogP contribution in [-0.4, -0.2) is 27.0 Å². The van der Waals surface area contributed by atoms with Crippen molar-refractivity contribution < 1.29 is 0 Å². The van der Waals surface area contributed by atoms with E-state index >= 15 is 0 Å². The molecular weight excluding hydrogens is 226 g/mol. The molecule has 5 nitrogen and oxygen atoms in total. The Balaban J connectivity index is 2.01. The molecule has 0 spiro atoms. The maximum atomic E-state index is 4.66. The van der Waals surface area contributed by atoms with Crippen LogP contribution in [-0.2, 0) is 0 Å². The quantitative estimate of drug-likeness (QED) is 0.869. The number of H-pyrrole nitrogens is 1. The van der Waals surface area contributed by atoms with Gasteiger partial charge in [-0.15, -0.1) is 0 Å². The van der Waals surface area contributed by atoms with Gasteiger partial charge >= 0.3 is 0 Å². The van der Waals surface area contributed by atoms with Crippen LogP contribution in [0.25, 0.3) is 11.6 Å². The highest BCUT2D eigenvalue weighted by atomic mass is 15.1. The van der Waals surface area contributed by atoms with Crippen LogP contribution in [0.5, 0.6) is 0 Å². The van der Waals surface area contributed by atoms with Gasteiger partial charge in [0.1, 0.15) is 5.82 Å². The lowest BCUT2D eigenvalue weighted by Crippen LogP contribution is -2.04. The molecule has 0 radical (unpaired) electrons. The second-order valence-electron chi connectivity index (χ2n) is 4.67. The lowest BCUT2D eigenvalue weighted by atomic mass is 10.0. The second-order valence-corrected chi connectivity index (χ2v) is 4.67. The first-order valence-electron chi connectivity index (χ1n) is 6.43. The normalized spacial score (nSPS) is 16.1. The zero-order valence-corrected chi connectivity index (χ0v) is 10.5. The minimum Gasteiger partial charge on any atom is -0.373 e. The summed E-state index contributed by atoms with van der Waals surface area (Å²) < 4.78 is 0. The zero-order chi connectivity index (χ0) is 12.4. The van der Waals surface area contributed by atoms with Crippen molar-refractivity contribution >= 4 is 5.82 Å². The number of aromatic nitrogens is 4. The number of nitrogens with zero attached hydrogens (tertiary/aromatic N) is 3. The van der Waals surface area contributed by atoms with Gasteiger partial charge in [-0.3, -0.25) is 0 Å². The largest absolute Gasteiger partial charge is 0.373 e. The summed E-state index contributed by atoms with van der Waals surface area (Å²) in [7, 11) is 1.88. The Morgan fingerprint density at radius 1 is 1.28 bits per heavy atom. The Labute approximate surface area is 106 Å². The van der Waals surface area contributed by atoms with Crippen molar-refractivity contribution in [3.63, 3.8) is 0 Å². The summed E-state index contributed by atoms with van der Waals surface area (Å²) in [4.78, 5) is 16.4. The molecule has 0 aromatic carbocycles. The van der Waals surface area contributed by atoms with Crippen molar-refractivity contribution in [1.29, 1.82) is 0 Å². The van der Waals surface area contributed by atoms with Crippen LogP contribution < -0.4 is 5.32 Å². The summed E-state index contributed by atoms with van der Waals surface area (Å²) >= 11 is 0. The van der Waals surface area contributed by atoms with Gasteiger partial charge in [0.25, 0.3) is 0 Å². The van der Waals surface area contributed by atoms with Crippen molar-refractivity contribution in [1.82, 2.24) is 19.9 Å². The van der Waals surface area contributed by atoms with E-state index in [1.165, 1.54) is 25.7 Å². The highest BCUT2D eigenvalue weighted by Crippen LogP contribution is 2.34. The van der Waals surface area contributed by atoms with Crippen molar-refractivity contribution in [3.05, 3.63) is 24.2 Å². The number of imidazole rings is 1. The molecule has 2 aromatic rings. The van der Waals surface area contributed by atoms with Gasteiger partial charge in [-0.1, -0.05) is 12.8 Å². The molecule has 1 aliphatic carbocycles. The van der Waals surface area contributed by atoms with Crippen LogP contribution >= 0.6 is 0 Å². The molecule has 0 saturated heterocycles. The molecule has 94 valence electrons. The summed E-state index contributed by atoms with van der Waals surface area (Å²) in [6, 6.07) is 2.06. The summed E-state index contributed by atoms with van der Waals surface area (Å²) in [5.41, 5.74) is 1.14. The maximum Gasteiger partial charge on any atom is 0.197 e. The van der Waals surface area contributed by atoms with E-state index in [-0.39, 0.29) is 0 Å². The third-order valence-corrected chi connectivity index (χ3v) is 3.49. The SMILES string of the molecule is CNc1cc(C2CCCC2)nc(-c2ncc[nH]2)n1. The molecule has 2 aromatic heterocycles. The first kappa shape index (κ1) is 11.2. The third kappa shape index (κ3) is 2.08. The van der Waals surface area contributed by atoms with Crippen molar-refractivity contribution in [2.24, 2.45) is 0 Å². The van der Waals surface area contributed by atoms with Gasteiger partial charge < -0.3 is 10.3 Å². The van der Waals surface area contributed by atoms with E-state index in [2.05, 4.69) is 31.3 Å². The van der Waals surface area contributed by atoms with E-state index < -0.39 is 0 Å². The molecule has 18 heavy (non-hydrogen) atoms. The smallest absolute Gasteiger partial charge is 0.197 e. The third-order valence-electron chi connectivity index (χ3n) is 3.49. The van der Waals surface area contributed by atoms with Crippen molar-refractivity contribution in [2.45, 2.75) is 31.6 Å². The molecule has 2 N–H and O–H groups in total. The molecule has 0 unspecified atom stereocenters. The predicted molar refractivity (Wildman–Crippen MR) is 70.4 cm³/mol. The van der Waals surface area contributed by atoms with Gasteiger partial charge in [-0.25, -0.2) is 15.0 Å². The summed E-state index contributed by atoms with van der Waals surface area (Å²) in [5.74, 6) is 2.84. The van der Waals surface area contributed by atoms with E-state index in [9.17, 15) is 0 Å².